The zero-order valence-corrected chi connectivity index (χ0v) is 19.0. The molecule has 0 aliphatic heterocycles. The summed E-state index contributed by atoms with van der Waals surface area (Å²) in [5.74, 6) is -3.99. The van der Waals surface area contributed by atoms with E-state index in [1.807, 2.05) is 0 Å². The van der Waals surface area contributed by atoms with Gasteiger partial charge in [0.2, 0.25) is 6.10 Å². The summed E-state index contributed by atoms with van der Waals surface area (Å²) in [5, 5.41) is 2.54. The van der Waals surface area contributed by atoms with Crippen LogP contribution in [0.2, 0.25) is 0 Å². The first-order chi connectivity index (χ1) is 14.0. The van der Waals surface area contributed by atoms with Crippen LogP contribution in [-0.4, -0.2) is 54.7 Å². The molecule has 0 radical (unpaired) electrons. The van der Waals surface area contributed by atoms with Crippen molar-refractivity contribution in [2.24, 2.45) is 0 Å². The van der Waals surface area contributed by atoms with E-state index in [0.717, 1.165) is 31.3 Å². The Morgan fingerprint density at radius 1 is 0.833 bits per heavy atom. The Bertz CT molecular complexity index is 794. The van der Waals surface area contributed by atoms with Gasteiger partial charge in [-0.3, -0.25) is 24.0 Å². The van der Waals surface area contributed by atoms with Gasteiger partial charge >= 0.3 is 23.9 Å². The Kier molecular flexibility index (Phi) is 10.2. The summed E-state index contributed by atoms with van der Waals surface area (Å²) in [4.78, 5) is 58.8. The predicted octanol–water partition coefficient (Wildman–Crippen LogP) is 1.59. The molecule has 0 spiro atoms. The third-order valence-corrected chi connectivity index (χ3v) is 4.12. The van der Waals surface area contributed by atoms with Crippen molar-refractivity contribution in [1.82, 2.24) is 0 Å². The second kappa shape index (κ2) is 12.1. The van der Waals surface area contributed by atoms with E-state index in [4.69, 9.17) is 18.9 Å². The zero-order chi connectivity index (χ0) is 22.8. The minimum Gasteiger partial charge on any atom is -0.462 e. The van der Waals surface area contributed by atoms with Crippen molar-refractivity contribution in [1.29, 1.82) is 0 Å². The number of carbonyl (C=O) groups is 5. The highest BCUT2D eigenvalue weighted by molar-refractivity contribution is 14.1. The minimum absolute atomic E-state index is 0.392. The van der Waals surface area contributed by atoms with Crippen LogP contribution in [0.4, 0.5) is 5.69 Å². The van der Waals surface area contributed by atoms with E-state index in [2.05, 4.69) is 27.9 Å². The molecule has 1 aromatic carbocycles. The van der Waals surface area contributed by atoms with Crippen molar-refractivity contribution in [3.63, 3.8) is 0 Å². The van der Waals surface area contributed by atoms with Crippen LogP contribution < -0.4 is 5.32 Å². The maximum atomic E-state index is 12.9. The number of nitrogens with one attached hydrogen (secondary N) is 1. The van der Waals surface area contributed by atoms with E-state index in [9.17, 15) is 24.0 Å². The van der Waals surface area contributed by atoms with E-state index in [1.165, 1.54) is 0 Å². The summed E-state index contributed by atoms with van der Waals surface area (Å²) in [6.07, 6.45) is -4.66. The standard InChI is InChI=1S/C19H22INO9/c1-10(22)27-9-16(28-11(2)23)17(29-12(3)24)18(30-13(4)25)19(26)21-15-7-5-14(20)6-8-15/h5-8,16-18H,9H2,1-4H3,(H,21,26)/t16-,17-,18+/m1/s1. The van der Waals surface area contributed by atoms with Gasteiger partial charge in [0.05, 0.1) is 0 Å². The summed E-state index contributed by atoms with van der Waals surface area (Å²) < 4.78 is 21.1. The molecule has 0 saturated carbocycles. The minimum atomic E-state index is -1.69. The Hall–Kier alpha value is -2.70. The van der Waals surface area contributed by atoms with Crippen LogP contribution >= 0.6 is 22.6 Å². The van der Waals surface area contributed by atoms with Crippen LogP contribution in [0.1, 0.15) is 27.7 Å². The first-order valence-corrected chi connectivity index (χ1v) is 9.79. The van der Waals surface area contributed by atoms with Gasteiger partial charge in [-0.2, -0.15) is 0 Å². The highest BCUT2D eigenvalue weighted by Crippen LogP contribution is 2.18. The monoisotopic (exact) mass is 535 g/mol. The van der Waals surface area contributed by atoms with Crippen molar-refractivity contribution >= 4 is 58.1 Å². The molecule has 0 unspecified atom stereocenters. The van der Waals surface area contributed by atoms with Gasteiger partial charge in [0.15, 0.2) is 12.2 Å². The average Bonchev–Trinajstić information content (AvgIpc) is 2.62. The Morgan fingerprint density at radius 2 is 1.37 bits per heavy atom. The number of esters is 4. The molecule has 3 atom stereocenters. The summed E-state index contributed by atoms with van der Waals surface area (Å²) in [7, 11) is 0. The van der Waals surface area contributed by atoms with Crippen molar-refractivity contribution in [3.8, 4) is 0 Å². The SMILES string of the molecule is CC(=O)OC[C@@H](OC(C)=O)[C@@H](OC(C)=O)[C@H](OC(C)=O)C(=O)Nc1ccc(I)cc1. The third kappa shape index (κ3) is 9.20. The highest BCUT2D eigenvalue weighted by Gasteiger charge is 2.42. The molecule has 0 bridgehead atoms. The van der Waals surface area contributed by atoms with Crippen molar-refractivity contribution in [2.45, 2.75) is 46.0 Å². The summed E-state index contributed by atoms with van der Waals surface area (Å²) in [6, 6.07) is 6.72. The predicted molar refractivity (Wildman–Crippen MR) is 111 cm³/mol. The molecular formula is C19H22INO9. The Labute approximate surface area is 186 Å². The lowest BCUT2D eigenvalue weighted by molar-refractivity contribution is -0.190. The molecule has 1 amide bonds. The van der Waals surface area contributed by atoms with Crippen LogP contribution in [-0.2, 0) is 42.9 Å². The molecular weight excluding hydrogens is 513 g/mol. The lowest BCUT2D eigenvalue weighted by Gasteiger charge is -2.30. The fraction of sp³-hybridized carbons (Fsp3) is 0.421. The first-order valence-electron chi connectivity index (χ1n) is 8.71. The van der Waals surface area contributed by atoms with Crippen molar-refractivity contribution in [2.75, 3.05) is 11.9 Å². The van der Waals surface area contributed by atoms with Crippen LogP contribution in [0, 0.1) is 3.57 Å². The van der Waals surface area contributed by atoms with Crippen LogP contribution in [0.3, 0.4) is 0 Å². The van der Waals surface area contributed by atoms with Crippen LogP contribution in [0.5, 0.6) is 0 Å². The van der Waals surface area contributed by atoms with Gasteiger partial charge in [0.1, 0.15) is 6.61 Å². The Morgan fingerprint density at radius 3 is 1.83 bits per heavy atom. The molecule has 0 aromatic heterocycles. The maximum Gasteiger partial charge on any atom is 0.303 e. The molecule has 164 valence electrons. The fourth-order valence-electron chi connectivity index (χ4n) is 2.33. The van der Waals surface area contributed by atoms with E-state index >= 15 is 0 Å². The smallest absolute Gasteiger partial charge is 0.303 e. The van der Waals surface area contributed by atoms with Gasteiger partial charge in [-0.1, -0.05) is 0 Å². The summed E-state index contributed by atoms with van der Waals surface area (Å²) in [5.41, 5.74) is 0.392. The molecule has 0 aliphatic rings. The molecule has 1 rings (SSSR count). The fourth-order valence-corrected chi connectivity index (χ4v) is 2.69. The van der Waals surface area contributed by atoms with E-state index in [0.29, 0.717) is 5.69 Å². The summed E-state index contributed by atoms with van der Waals surface area (Å²) >= 11 is 2.09. The molecule has 0 heterocycles. The number of carbonyl (C=O) groups excluding carboxylic acids is 5. The van der Waals surface area contributed by atoms with Gasteiger partial charge in [-0.25, -0.2) is 0 Å². The third-order valence-electron chi connectivity index (χ3n) is 3.40. The van der Waals surface area contributed by atoms with Gasteiger partial charge in [0.25, 0.3) is 5.91 Å². The number of rotatable bonds is 9. The molecule has 11 heteroatoms. The van der Waals surface area contributed by atoms with Gasteiger partial charge in [-0.15, -0.1) is 0 Å². The molecule has 30 heavy (non-hydrogen) atoms. The number of anilines is 1. The molecule has 1 N–H and O–H groups in total. The van der Waals surface area contributed by atoms with Crippen LogP contribution in [0.25, 0.3) is 0 Å². The summed E-state index contributed by atoms with van der Waals surface area (Å²) in [6.45, 7) is 3.80. The van der Waals surface area contributed by atoms with E-state index in [1.54, 1.807) is 24.3 Å². The lowest BCUT2D eigenvalue weighted by Crippen LogP contribution is -2.52. The maximum absolute atomic E-state index is 12.9. The quantitative estimate of drug-likeness (QED) is 0.284. The number of halogens is 1. The second-order valence-electron chi connectivity index (χ2n) is 6.05. The van der Waals surface area contributed by atoms with Gasteiger partial charge in [-0.05, 0) is 46.9 Å². The normalized spacial score (nSPS) is 13.2. The highest BCUT2D eigenvalue weighted by atomic mass is 127. The first kappa shape index (κ1) is 25.3. The molecule has 10 nitrogen and oxygen atoms in total. The molecule has 0 saturated heterocycles. The number of hydrogen-bond donors (Lipinski definition) is 1. The zero-order valence-electron chi connectivity index (χ0n) is 16.8. The van der Waals surface area contributed by atoms with Gasteiger partial charge in [0, 0.05) is 37.0 Å². The van der Waals surface area contributed by atoms with Crippen molar-refractivity contribution in [3.05, 3.63) is 27.8 Å². The molecule has 0 aliphatic carbocycles. The average molecular weight is 535 g/mol. The molecule has 1 aromatic rings. The van der Waals surface area contributed by atoms with Crippen molar-refractivity contribution < 1.29 is 42.9 Å². The van der Waals surface area contributed by atoms with E-state index < -0.39 is 54.7 Å². The second-order valence-corrected chi connectivity index (χ2v) is 7.30. The number of hydrogen-bond acceptors (Lipinski definition) is 9. The number of amides is 1. The van der Waals surface area contributed by atoms with Gasteiger partial charge < -0.3 is 24.3 Å². The topological polar surface area (TPSA) is 134 Å². The Balaban J connectivity index is 3.25. The largest absolute Gasteiger partial charge is 0.462 e. The lowest BCUT2D eigenvalue weighted by atomic mass is 10.1. The van der Waals surface area contributed by atoms with Crippen LogP contribution in [0.15, 0.2) is 24.3 Å². The number of ether oxygens (including phenoxy) is 4. The van der Waals surface area contributed by atoms with E-state index in [-0.39, 0.29) is 0 Å². The molecule has 0 fully saturated rings. The number of benzene rings is 1.